The lowest BCUT2D eigenvalue weighted by molar-refractivity contribution is 0.0941. The summed E-state index contributed by atoms with van der Waals surface area (Å²) in [5.41, 5.74) is 1.55. The van der Waals surface area contributed by atoms with Gasteiger partial charge in [0.15, 0.2) is 11.5 Å². The SMILES string of the molecule is CCOc1c(OC)cc(C(=O)n2nc(C)c(Cl)c2C)cc1OC. The molecule has 1 aromatic carbocycles. The van der Waals surface area contributed by atoms with E-state index < -0.39 is 0 Å². The lowest BCUT2D eigenvalue weighted by atomic mass is 10.1. The highest BCUT2D eigenvalue weighted by Gasteiger charge is 2.21. The van der Waals surface area contributed by atoms with Gasteiger partial charge in [-0.3, -0.25) is 4.79 Å². The highest BCUT2D eigenvalue weighted by molar-refractivity contribution is 6.32. The van der Waals surface area contributed by atoms with Crippen LogP contribution in [0.25, 0.3) is 0 Å². The summed E-state index contributed by atoms with van der Waals surface area (Å²) in [5.74, 6) is 0.974. The van der Waals surface area contributed by atoms with Crippen LogP contribution in [-0.4, -0.2) is 36.5 Å². The fourth-order valence-electron chi connectivity index (χ4n) is 2.23. The van der Waals surface area contributed by atoms with Gasteiger partial charge in [0.2, 0.25) is 5.75 Å². The van der Waals surface area contributed by atoms with Gasteiger partial charge in [-0.25, -0.2) is 0 Å². The maximum absolute atomic E-state index is 12.7. The Hall–Kier alpha value is -2.21. The lowest BCUT2D eigenvalue weighted by Gasteiger charge is -2.15. The van der Waals surface area contributed by atoms with E-state index in [1.54, 1.807) is 26.0 Å². The van der Waals surface area contributed by atoms with Crippen LogP contribution < -0.4 is 14.2 Å². The molecular formula is C16H19ClN2O4. The highest BCUT2D eigenvalue weighted by atomic mass is 35.5. The Kier molecular flexibility index (Phi) is 5.15. The maximum Gasteiger partial charge on any atom is 0.278 e. The summed E-state index contributed by atoms with van der Waals surface area (Å²) in [6.07, 6.45) is 0. The van der Waals surface area contributed by atoms with Crippen LogP contribution in [0.3, 0.4) is 0 Å². The van der Waals surface area contributed by atoms with Crippen molar-refractivity contribution < 1.29 is 19.0 Å². The normalized spacial score (nSPS) is 10.5. The number of carbonyl (C=O) groups is 1. The third-order valence-corrected chi connectivity index (χ3v) is 3.94. The van der Waals surface area contributed by atoms with Gasteiger partial charge in [0.05, 0.1) is 37.2 Å². The molecule has 1 heterocycles. The van der Waals surface area contributed by atoms with E-state index in [0.717, 1.165) is 0 Å². The summed E-state index contributed by atoms with van der Waals surface area (Å²) in [7, 11) is 3.01. The van der Waals surface area contributed by atoms with Crippen molar-refractivity contribution in [3.63, 3.8) is 0 Å². The van der Waals surface area contributed by atoms with Gasteiger partial charge in [0.1, 0.15) is 0 Å². The topological polar surface area (TPSA) is 62.6 Å². The van der Waals surface area contributed by atoms with E-state index in [2.05, 4.69) is 5.10 Å². The second kappa shape index (κ2) is 6.91. The van der Waals surface area contributed by atoms with Crippen LogP contribution in [0.15, 0.2) is 12.1 Å². The molecule has 0 aliphatic carbocycles. The quantitative estimate of drug-likeness (QED) is 0.837. The van der Waals surface area contributed by atoms with Crippen LogP contribution in [0, 0.1) is 13.8 Å². The molecule has 0 amide bonds. The minimum absolute atomic E-state index is 0.322. The van der Waals surface area contributed by atoms with Crippen molar-refractivity contribution >= 4 is 17.5 Å². The van der Waals surface area contributed by atoms with Crippen molar-refractivity contribution in [2.45, 2.75) is 20.8 Å². The molecule has 0 bridgehead atoms. The van der Waals surface area contributed by atoms with Crippen molar-refractivity contribution in [2.24, 2.45) is 0 Å². The van der Waals surface area contributed by atoms with E-state index in [9.17, 15) is 4.79 Å². The fraction of sp³-hybridized carbons (Fsp3) is 0.375. The van der Waals surface area contributed by atoms with Crippen molar-refractivity contribution in [1.82, 2.24) is 9.78 Å². The number of halogens is 1. The van der Waals surface area contributed by atoms with Crippen LogP contribution in [0.2, 0.25) is 5.02 Å². The Morgan fingerprint density at radius 3 is 2.17 bits per heavy atom. The number of methoxy groups -OCH3 is 2. The summed E-state index contributed by atoms with van der Waals surface area (Å²) in [5, 5.41) is 4.65. The van der Waals surface area contributed by atoms with Gasteiger partial charge in [-0.1, -0.05) is 11.6 Å². The molecule has 2 aromatic rings. The summed E-state index contributed by atoms with van der Waals surface area (Å²) in [6.45, 7) is 5.80. The minimum Gasteiger partial charge on any atom is -0.493 e. The Labute approximate surface area is 139 Å². The molecule has 0 radical (unpaired) electrons. The number of hydrogen-bond donors (Lipinski definition) is 0. The second-order valence-electron chi connectivity index (χ2n) is 4.84. The van der Waals surface area contributed by atoms with Gasteiger partial charge >= 0.3 is 0 Å². The van der Waals surface area contributed by atoms with E-state index in [1.807, 2.05) is 6.92 Å². The minimum atomic E-state index is -0.322. The molecule has 0 aliphatic heterocycles. The Morgan fingerprint density at radius 2 is 1.78 bits per heavy atom. The Morgan fingerprint density at radius 1 is 1.22 bits per heavy atom. The van der Waals surface area contributed by atoms with Gasteiger partial charge in [0, 0.05) is 5.56 Å². The van der Waals surface area contributed by atoms with Crippen LogP contribution in [-0.2, 0) is 0 Å². The van der Waals surface area contributed by atoms with Crippen LogP contribution in [0.4, 0.5) is 0 Å². The molecule has 0 atom stereocenters. The molecule has 0 spiro atoms. The number of rotatable bonds is 5. The summed E-state index contributed by atoms with van der Waals surface area (Å²) < 4.78 is 17.4. The van der Waals surface area contributed by atoms with Crippen LogP contribution in [0.5, 0.6) is 17.2 Å². The van der Waals surface area contributed by atoms with Crippen molar-refractivity contribution in [3.05, 3.63) is 34.1 Å². The molecule has 2 rings (SSSR count). The number of hydrogen-bond acceptors (Lipinski definition) is 5. The van der Waals surface area contributed by atoms with Gasteiger partial charge < -0.3 is 14.2 Å². The number of aryl methyl sites for hydroxylation is 1. The number of aromatic nitrogens is 2. The molecule has 1 aromatic heterocycles. The number of nitrogens with zero attached hydrogens (tertiary/aromatic N) is 2. The first-order chi connectivity index (χ1) is 10.9. The first-order valence-electron chi connectivity index (χ1n) is 7.09. The molecule has 0 unspecified atom stereocenters. The molecule has 0 aliphatic rings. The van der Waals surface area contributed by atoms with Crippen LogP contribution in [0.1, 0.15) is 28.7 Å². The predicted molar refractivity (Wildman–Crippen MR) is 87.2 cm³/mol. The predicted octanol–water partition coefficient (Wildman–Crippen LogP) is 3.26. The summed E-state index contributed by atoms with van der Waals surface area (Å²) >= 11 is 6.11. The van der Waals surface area contributed by atoms with E-state index in [0.29, 0.717) is 45.8 Å². The lowest BCUT2D eigenvalue weighted by Crippen LogP contribution is -2.16. The standard InChI is InChI=1S/C16H19ClN2O4/c1-6-23-15-12(21-4)7-11(8-13(15)22-5)16(20)19-10(3)14(17)9(2)18-19/h7-8H,6H2,1-5H3. The third kappa shape index (κ3) is 3.12. The largest absolute Gasteiger partial charge is 0.493 e. The van der Waals surface area contributed by atoms with E-state index >= 15 is 0 Å². The van der Waals surface area contributed by atoms with Crippen molar-refractivity contribution in [3.8, 4) is 17.2 Å². The zero-order valence-electron chi connectivity index (χ0n) is 13.8. The third-order valence-electron chi connectivity index (χ3n) is 3.39. The highest BCUT2D eigenvalue weighted by Crippen LogP contribution is 2.38. The molecule has 0 saturated carbocycles. The molecule has 7 heteroatoms. The molecule has 0 fully saturated rings. The number of benzene rings is 1. The smallest absolute Gasteiger partial charge is 0.278 e. The van der Waals surface area contributed by atoms with Gasteiger partial charge in [0.25, 0.3) is 5.91 Å². The van der Waals surface area contributed by atoms with Gasteiger partial charge in [-0.15, -0.1) is 0 Å². The van der Waals surface area contributed by atoms with Crippen LogP contribution >= 0.6 is 11.6 Å². The van der Waals surface area contributed by atoms with E-state index in [4.69, 9.17) is 25.8 Å². The second-order valence-corrected chi connectivity index (χ2v) is 5.22. The summed E-state index contributed by atoms with van der Waals surface area (Å²) in [6, 6.07) is 3.19. The van der Waals surface area contributed by atoms with E-state index in [-0.39, 0.29) is 5.91 Å². The molecular weight excluding hydrogens is 320 g/mol. The Bertz CT molecular complexity index is 715. The molecule has 124 valence electrons. The first-order valence-corrected chi connectivity index (χ1v) is 7.47. The molecule has 0 saturated heterocycles. The average molecular weight is 339 g/mol. The zero-order valence-corrected chi connectivity index (χ0v) is 14.5. The monoisotopic (exact) mass is 338 g/mol. The maximum atomic E-state index is 12.7. The van der Waals surface area contributed by atoms with Crippen molar-refractivity contribution in [1.29, 1.82) is 0 Å². The van der Waals surface area contributed by atoms with Gasteiger partial charge in [-0.2, -0.15) is 9.78 Å². The molecule has 0 N–H and O–H groups in total. The van der Waals surface area contributed by atoms with Gasteiger partial charge in [-0.05, 0) is 32.9 Å². The summed E-state index contributed by atoms with van der Waals surface area (Å²) in [4.78, 5) is 12.7. The Balaban J connectivity index is 2.54. The molecule has 6 nitrogen and oxygen atoms in total. The first kappa shape index (κ1) is 17.1. The van der Waals surface area contributed by atoms with E-state index in [1.165, 1.54) is 18.9 Å². The number of carbonyl (C=O) groups excluding carboxylic acids is 1. The fourth-order valence-corrected chi connectivity index (χ4v) is 2.35. The molecule has 23 heavy (non-hydrogen) atoms. The average Bonchev–Trinajstić information content (AvgIpc) is 2.81. The zero-order chi connectivity index (χ0) is 17.1. The number of ether oxygens (including phenoxy) is 3. The van der Waals surface area contributed by atoms with Crippen molar-refractivity contribution in [2.75, 3.05) is 20.8 Å².